The van der Waals surface area contributed by atoms with Gasteiger partial charge in [-0.25, -0.2) is 4.98 Å². The summed E-state index contributed by atoms with van der Waals surface area (Å²) in [6.45, 7) is 10.5. The summed E-state index contributed by atoms with van der Waals surface area (Å²) in [6, 6.07) is 1.85. The molecule has 6 nitrogen and oxygen atoms in total. The Morgan fingerprint density at radius 1 is 1.20 bits per heavy atom. The van der Waals surface area contributed by atoms with E-state index in [0.29, 0.717) is 5.88 Å². The van der Waals surface area contributed by atoms with Crippen molar-refractivity contribution >= 4 is 5.95 Å². The number of aromatic nitrogens is 2. The first-order valence-electron chi connectivity index (χ1n) is 7.17. The predicted octanol–water partition coefficient (Wildman–Crippen LogP) is 0.952. The molecule has 0 bridgehead atoms. The number of aryl methyl sites for hydroxylation is 1. The van der Waals surface area contributed by atoms with Crippen molar-refractivity contribution in [3.8, 4) is 5.88 Å². The topological polar surface area (TPSA) is 50.7 Å². The number of anilines is 1. The van der Waals surface area contributed by atoms with Crippen molar-refractivity contribution in [3.05, 3.63) is 11.8 Å². The van der Waals surface area contributed by atoms with Gasteiger partial charge in [-0.1, -0.05) is 0 Å². The molecule has 0 amide bonds. The molecule has 0 radical (unpaired) electrons. The molecule has 1 aliphatic rings. The van der Waals surface area contributed by atoms with E-state index in [4.69, 9.17) is 9.47 Å². The fourth-order valence-corrected chi connectivity index (χ4v) is 2.28. The van der Waals surface area contributed by atoms with E-state index >= 15 is 0 Å². The molecule has 1 fully saturated rings. The fraction of sp³-hybridized carbons (Fsp3) is 0.714. The lowest BCUT2D eigenvalue weighted by Gasteiger charge is -2.34. The maximum atomic E-state index is 5.40. The zero-order chi connectivity index (χ0) is 14.4. The van der Waals surface area contributed by atoms with Crippen LogP contribution in [0, 0.1) is 6.92 Å². The lowest BCUT2D eigenvalue weighted by Crippen LogP contribution is -2.48. The molecule has 2 rings (SSSR count). The zero-order valence-electron chi connectivity index (χ0n) is 12.6. The first-order valence-corrected chi connectivity index (χ1v) is 7.17. The average Bonchev–Trinajstić information content (AvgIpc) is 2.47. The smallest absolute Gasteiger partial charge is 0.228 e. The van der Waals surface area contributed by atoms with Gasteiger partial charge in [-0.15, -0.1) is 0 Å². The van der Waals surface area contributed by atoms with Crippen molar-refractivity contribution in [1.82, 2.24) is 14.9 Å². The standard InChI is InChI=1S/C14H24N4O2/c1-4-20-10-9-17-5-7-18(8-6-17)14-15-12(2)11-13(16-14)19-3/h11H,4-10H2,1-3H3. The Morgan fingerprint density at radius 3 is 2.60 bits per heavy atom. The quantitative estimate of drug-likeness (QED) is 0.723. The molecule has 0 aromatic carbocycles. The van der Waals surface area contributed by atoms with E-state index < -0.39 is 0 Å². The molecule has 0 spiro atoms. The van der Waals surface area contributed by atoms with Gasteiger partial charge in [-0.2, -0.15) is 4.98 Å². The highest BCUT2D eigenvalue weighted by Gasteiger charge is 2.19. The van der Waals surface area contributed by atoms with Crippen LogP contribution in [0.5, 0.6) is 5.88 Å². The molecule has 0 atom stereocenters. The summed E-state index contributed by atoms with van der Waals surface area (Å²) in [4.78, 5) is 13.6. The highest BCUT2D eigenvalue weighted by molar-refractivity contribution is 5.34. The maximum absolute atomic E-state index is 5.40. The van der Waals surface area contributed by atoms with Crippen molar-refractivity contribution in [3.63, 3.8) is 0 Å². The van der Waals surface area contributed by atoms with E-state index in [1.54, 1.807) is 7.11 Å². The first kappa shape index (κ1) is 15.0. The van der Waals surface area contributed by atoms with Gasteiger partial charge in [-0.05, 0) is 13.8 Å². The van der Waals surface area contributed by atoms with Crippen LogP contribution in [0.4, 0.5) is 5.95 Å². The van der Waals surface area contributed by atoms with Crippen molar-refractivity contribution < 1.29 is 9.47 Å². The van der Waals surface area contributed by atoms with Crippen LogP contribution in [0.2, 0.25) is 0 Å². The van der Waals surface area contributed by atoms with Gasteiger partial charge in [0.05, 0.1) is 13.7 Å². The Hall–Kier alpha value is -1.40. The lowest BCUT2D eigenvalue weighted by molar-refractivity contribution is 0.111. The zero-order valence-corrected chi connectivity index (χ0v) is 12.6. The molecule has 0 unspecified atom stereocenters. The van der Waals surface area contributed by atoms with Crippen LogP contribution in [0.3, 0.4) is 0 Å². The number of hydrogen-bond acceptors (Lipinski definition) is 6. The van der Waals surface area contributed by atoms with Gasteiger partial charge >= 0.3 is 0 Å². The number of ether oxygens (including phenoxy) is 2. The Morgan fingerprint density at radius 2 is 1.95 bits per heavy atom. The Bertz CT molecular complexity index is 420. The highest BCUT2D eigenvalue weighted by atomic mass is 16.5. The van der Waals surface area contributed by atoms with Gasteiger partial charge in [0.2, 0.25) is 11.8 Å². The summed E-state index contributed by atoms with van der Waals surface area (Å²) < 4.78 is 10.6. The van der Waals surface area contributed by atoms with Gasteiger partial charge in [-0.3, -0.25) is 4.90 Å². The second-order valence-electron chi connectivity index (χ2n) is 4.88. The van der Waals surface area contributed by atoms with Gasteiger partial charge in [0.25, 0.3) is 0 Å². The van der Waals surface area contributed by atoms with E-state index in [0.717, 1.165) is 57.6 Å². The van der Waals surface area contributed by atoms with E-state index in [1.807, 2.05) is 19.9 Å². The largest absolute Gasteiger partial charge is 0.481 e. The lowest BCUT2D eigenvalue weighted by atomic mass is 10.3. The molecule has 0 saturated carbocycles. The summed E-state index contributed by atoms with van der Waals surface area (Å²) >= 11 is 0. The van der Waals surface area contributed by atoms with Crippen LogP contribution in [0.1, 0.15) is 12.6 Å². The molecule has 1 aromatic rings. The van der Waals surface area contributed by atoms with Gasteiger partial charge in [0.1, 0.15) is 0 Å². The van der Waals surface area contributed by atoms with Crippen molar-refractivity contribution in [2.24, 2.45) is 0 Å². The van der Waals surface area contributed by atoms with Crippen LogP contribution >= 0.6 is 0 Å². The monoisotopic (exact) mass is 280 g/mol. The summed E-state index contributed by atoms with van der Waals surface area (Å²) in [7, 11) is 1.64. The van der Waals surface area contributed by atoms with Crippen LogP contribution in [-0.2, 0) is 4.74 Å². The summed E-state index contributed by atoms with van der Waals surface area (Å²) in [5.74, 6) is 1.40. The van der Waals surface area contributed by atoms with Crippen LogP contribution in [-0.4, -0.2) is 67.9 Å². The minimum absolute atomic E-state index is 0.631. The third-order valence-electron chi connectivity index (χ3n) is 3.44. The number of rotatable bonds is 6. The number of hydrogen-bond donors (Lipinski definition) is 0. The van der Waals surface area contributed by atoms with Crippen LogP contribution in [0.25, 0.3) is 0 Å². The van der Waals surface area contributed by atoms with E-state index in [-0.39, 0.29) is 0 Å². The third kappa shape index (κ3) is 4.05. The fourth-order valence-electron chi connectivity index (χ4n) is 2.28. The number of nitrogens with zero attached hydrogens (tertiary/aromatic N) is 4. The first-order chi connectivity index (χ1) is 9.72. The predicted molar refractivity (Wildman–Crippen MR) is 78.5 cm³/mol. The second kappa shape index (κ2) is 7.40. The Kier molecular flexibility index (Phi) is 5.55. The molecule has 1 saturated heterocycles. The van der Waals surface area contributed by atoms with Gasteiger partial charge in [0.15, 0.2) is 0 Å². The molecule has 2 heterocycles. The second-order valence-corrected chi connectivity index (χ2v) is 4.88. The summed E-state index contributed by atoms with van der Waals surface area (Å²) in [5, 5.41) is 0. The maximum Gasteiger partial charge on any atom is 0.228 e. The normalized spacial score (nSPS) is 16.4. The molecule has 0 aliphatic carbocycles. The van der Waals surface area contributed by atoms with Crippen molar-refractivity contribution in [2.75, 3.05) is 57.9 Å². The van der Waals surface area contributed by atoms with Crippen molar-refractivity contribution in [1.29, 1.82) is 0 Å². The Labute approximate surface area is 120 Å². The molecule has 1 aliphatic heterocycles. The van der Waals surface area contributed by atoms with Crippen LogP contribution < -0.4 is 9.64 Å². The highest BCUT2D eigenvalue weighted by Crippen LogP contribution is 2.16. The third-order valence-corrected chi connectivity index (χ3v) is 3.44. The van der Waals surface area contributed by atoms with Crippen molar-refractivity contribution in [2.45, 2.75) is 13.8 Å². The minimum atomic E-state index is 0.631. The molecular weight excluding hydrogens is 256 g/mol. The van der Waals surface area contributed by atoms with Gasteiger partial charge < -0.3 is 14.4 Å². The Balaban J connectivity index is 1.88. The van der Waals surface area contributed by atoms with E-state index in [1.165, 1.54) is 0 Å². The molecule has 112 valence electrons. The molecule has 1 aromatic heterocycles. The molecule has 6 heteroatoms. The summed E-state index contributed by atoms with van der Waals surface area (Å²) in [6.07, 6.45) is 0. The number of methoxy groups -OCH3 is 1. The summed E-state index contributed by atoms with van der Waals surface area (Å²) in [5.41, 5.74) is 0.936. The molecule has 0 N–H and O–H groups in total. The van der Waals surface area contributed by atoms with E-state index in [2.05, 4.69) is 19.8 Å². The van der Waals surface area contributed by atoms with E-state index in [9.17, 15) is 0 Å². The minimum Gasteiger partial charge on any atom is -0.481 e. The molecule has 20 heavy (non-hydrogen) atoms. The SMILES string of the molecule is CCOCCN1CCN(c2nc(C)cc(OC)n2)CC1. The number of piperazine rings is 1. The van der Waals surface area contributed by atoms with Gasteiger partial charge in [0, 0.05) is 51.1 Å². The average molecular weight is 280 g/mol. The molecular formula is C14H24N4O2. The van der Waals surface area contributed by atoms with Crippen LogP contribution in [0.15, 0.2) is 6.07 Å².